The van der Waals surface area contributed by atoms with Gasteiger partial charge < -0.3 is 9.47 Å². The predicted molar refractivity (Wildman–Crippen MR) is 193 cm³/mol. The summed E-state index contributed by atoms with van der Waals surface area (Å²) in [5, 5.41) is 0. The Labute approximate surface area is 289 Å². The topological polar surface area (TPSA) is 86.7 Å². The summed E-state index contributed by atoms with van der Waals surface area (Å²) in [4.78, 5) is 49.6. The predicted octanol–water partition coefficient (Wildman–Crippen LogP) is 9.56. The molecule has 0 radical (unpaired) electrons. The van der Waals surface area contributed by atoms with Crippen LogP contribution in [0.25, 0.3) is 0 Å². The molecule has 2 fully saturated rings. The molecule has 0 aromatic rings. The van der Waals surface area contributed by atoms with Crippen LogP contribution in [0.2, 0.25) is 0 Å². The summed E-state index contributed by atoms with van der Waals surface area (Å²) < 4.78 is 11.5. The number of carbonyl (C=O) groups is 4. The third kappa shape index (κ3) is 9.03. The number of rotatable bonds is 12. The van der Waals surface area contributed by atoms with Crippen molar-refractivity contribution in [1.29, 1.82) is 0 Å². The minimum absolute atomic E-state index is 0.0543. The zero-order chi connectivity index (χ0) is 36.1. The van der Waals surface area contributed by atoms with Crippen LogP contribution in [0.5, 0.6) is 0 Å². The Balaban J connectivity index is 0.000000260. The number of hydrogen-bond acceptors (Lipinski definition) is 6. The largest absolute Gasteiger partial charge is 0.457 e. The van der Waals surface area contributed by atoms with E-state index in [4.69, 9.17) is 9.47 Å². The van der Waals surface area contributed by atoms with Crippen molar-refractivity contribution in [3.8, 4) is 0 Å². The molecule has 0 heterocycles. The lowest BCUT2D eigenvalue weighted by Crippen LogP contribution is -2.20. The van der Waals surface area contributed by atoms with Crippen LogP contribution >= 0.6 is 0 Å². The molecule has 0 unspecified atom stereocenters. The van der Waals surface area contributed by atoms with Gasteiger partial charge in [-0.3, -0.25) is 19.2 Å². The van der Waals surface area contributed by atoms with Gasteiger partial charge in [-0.1, -0.05) is 89.1 Å². The number of esters is 2. The molecule has 0 amide bonds. The van der Waals surface area contributed by atoms with E-state index in [2.05, 4.69) is 93.5 Å². The molecule has 0 aromatic heterocycles. The number of ketones is 2. The van der Waals surface area contributed by atoms with Gasteiger partial charge in [0.2, 0.25) is 0 Å². The Bertz CT molecular complexity index is 1340. The van der Waals surface area contributed by atoms with Crippen LogP contribution in [-0.4, -0.2) is 35.7 Å². The molecule has 2 saturated carbocycles. The van der Waals surface area contributed by atoms with E-state index in [-0.39, 0.29) is 70.2 Å². The van der Waals surface area contributed by atoms with E-state index in [0.717, 1.165) is 35.1 Å². The van der Waals surface area contributed by atoms with Crippen LogP contribution in [0.15, 0.2) is 69.9 Å². The van der Waals surface area contributed by atoms with Crippen molar-refractivity contribution in [2.75, 3.05) is 0 Å². The molecule has 0 aliphatic heterocycles. The quantitative estimate of drug-likeness (QED) is 0.153. The lowest BCUT2D eigenvalue weighted by Gasteiger charge is -2.13. The fourth-order valence-corrected chi connectivity index (χ4v) is 7.29. The van der Waals surface area contributed by atoms with E-state index in [0.29, 0.717) is 25.7 Å². The van der Waals surface area contributed by atoms with Gasteiger partial charge in [-0.2, -0.15) is 0 Å². The van der Waals surface area contributed by atoms with E-state index in [1.807, 2.05) is 26.0 Å². The second-order valence-electron chi connectivity index (χ2n) is 15.7. The van der Waals surface area contributed by atoms with E-state index >= 15 is 0 Å². The fourth-order valence-electron chi connectivity index (χ4n) is 7.29. The molecule has 6 atom stereocenters. The smallest absolute Gasteiger partial charge is 0.310 e. The molecule has 48 heavy (non-hydrogen) atoms. The standard InChI is InChI=1S/2C21H30O3/c2*1-7-8-9-10-15-14(4)18(12-17(15)22)24-20(23)19-16(11-13(2)3)21(19,5)6/h2*8-9,11,16,18-19H,7,10,12H2,1-6H3/b2*9-8-/t2*16-,18+,19+/m11/s1. The van der Waals surface area contributed by atoms with Crippen molar-refractivity contribution in [2.45, 2.75) is 134 Å². The fraction of sp³-hybridized carbons (Fsp3) is 0.619. The molecule has 0 saturated heterocycles. The van der Waals surface area contributed by atoms with E-state index in [9.17, 15) is 19.2 Å². The molecule has 4 rings (SSSR count). The maximum atomic E-state index is 12.6. The summed E-state index contributed by atoms with van der Waals surface area (Å²) >= 11 is 0. The highest BCUT2D eigenvalue weighted by Gasteiger charge is 2.62. The van der Waals surface area contributed by atoms with Gasteiger partial charge in [0.25, 0.3) is 0 Å². The van der Waals surface area contributed by atoms with Crippen molar-refractivity contribution in [1.82, 2.24) is 0 Å². The lowest BCUT2D eigenvalue weighted by molar-refractivity contribution is -0.151. The first-order valence-electron chi connectivity index (χ1n) is 17.9. The molecule has 264 valence electrons. The first kappa shape index (κ1) is 39.2. The molecule has 0 spiro atoms. The molecular weight excluding hydrogens is 600 g/mol. The van der Waals surface area contributed by atoms with Gasteiger partial charge in [0, 0.05) is 11.1 Å². The molecule has 4 aliphatic carbocycles. The maximum Gasteiger partial charge on any atom is 0.310 e. The summed E-state index contributed by atoms with van der Waals surface area (Å²) in [6, 6.07) is 0. The SMILES string of the molecule is CC/C=C\CC1=C(C)[C@@H](OC(=O)[C@@H]2[C@@H](C=C(C)C)C2(C)C)CC1=O.CC/C=C\CC1=C(C)[C@@H](OC(=O)[C@@H]2[C@@H](C=C(C)C)C2(C)C)CC1=O. The van der Waals surface area contributed by atoms with Gasteiger partial charge in [0.15, 0.2) is 11.6 Å². The van der Waals surface area contributed by atoms with Crippen molar-refractivity contribution < 1.29 is 28.7 Å². The highest BCUT2D eigenvalue weighted by Crippen LogP contribution is 2.61. The molecule has 6 nitrogen and oxygen atoms in total. The zero-order valence-corrected chi connectivity index (χ0v) is 31.6. The van der Waals surface area contributed by atoms with Crippen LogP contribution in [0.4, 0.5) is 0 Å². The third-order valence-corrected chi connectivity index (χ3v) is 10.7. The zero-order valence-electron chi connectivity index (χ0n) is 31.6. The van der Waals surface area contributed by atoms with Crippen LogP contribution in [0.3, 0.4) is 0 Å². The number of ether oxygens (including phenoxy) is 2. The second-order valence-corrected chi connectivity index (χ2v) is 15.7. The summed E-state index contributed by atoms with van der Waals surface area (Å²) in [5.74, 6) is 0.185. The first-order chi connectivity index (χ1) is 22.4. The maximum absolute atomic E-state index is 12.6. The van der Waals surface area contributed by atoms with Gasteiger partial charge >= 0.3 is 11.9 Å². The highest BCUT2D eigenvalue weighted by atomic mass is 16.5. The first-order valence-corrected chi connectivity index (χ1v) is 17.9. The lowest BCUT2D eigenvalue weighted by atomic mass is 10.1. The van der Waals surface area contributed by atoms with E-state index < -0.39 is 0 Å². The summed E-state index contributed by atoms with van der Waals surface area (Å²) in [7, 11) is 0. The van der Waals surface area contributed by atoms with Crippen LogP contribution in [0.1, 0.15) is 122 Å². The highest BCUT2D eigenvalue weighted by molar-refractivity contribution is 6.00. The molecule has 0 bridgehead atoms. The van der Waals surface area contributed by atoms with Crippen molar-refractivity contribution in [3.63, 3.8) is 0 Å². The second kappa shape index (κ2) is 16.0. The Morgan fingerprint density at radius 1 is 0.646 bits per heavy atom. The monoisotopic (exact) mass is 660 g/mol. The van der Waals surface area contributed by atoms with Gasteiger partial charge in [0.05, 0.1) is 24.7 Å². The molecule has 4 aliphatic rings. The molecular formula is C42H60O6. The number of carbonyl (C=O) groups excluding carboxylic acids is 4. The Morgan fingerprint density at radius 2 is 0.979 bits per heavy atom. The van der Waals surface area contributed by atoms with Gasteiger partial charge in [-0.25, -0.2) is 0 Å². The Hall–Kier alpha value is -3.28. The van der Waals surface area contributed by atoms with Gasteiger partial charge in [-0.05, 0) is 101 Å². The van der Waals surface area contributed by atoms with E-state index in [1.54, 1.807) is 0 Å². The van der Waals surface area contributed by atoms with Crippen LogP contribution in [0, 0.1) is 34.5 Å². The number of hydrogen-bond donors (Lipinski definition) is 0. The minimum atomic E-state index is -0.376. The van der Waals surface area contributed by atoms with Crippen molar-refractivity contribution >= 4 is 23.5 Å². The summed E-state index contributed by atoms with van der Waals surface area (Å²) in [5.41, 5.74) is 5.81. The third-order valence-electron chi connectivity index (χ3n) is 10.7. The van der Waals surface area contributed by atoms with Crippen molar-refractivity contribution in [3.05, 3.63) is 69.9 Å². The van der Waals surface area contributed by atoms with Gasteiger partial charge in [0.1, 0.15) is 12.2 Å². The van der Waals surface area contributed by atoms with E-state index in [1.165, 1.54) is 11.1 Å². The molecule has 0 aromatic carbocycles. The number of Topliss-reactive ketones (excluding diaryl/α,β-unsaturated/α-hetero) is 2. The van der Waals surface area contributed by atoms with Crippen molar-refractivity contribution in [2.24, 2.45) is 34.5 Å². The minimum Gasteiger partial charge on any atom is -0.457 e. The van der Waals surface area contributed by atoms with Gasteiger partial charge in [-0.15, -0.1) is 0 Å². The molecule has 0 N–H and O–H groups in total. The Morgan fingerprint density at radius 3 is 1.27 bits per heavy atom. The summed E-state index contributed by atoms with van der Waals surface area (Å²) in [6.07, 6.45) is 15.5. The van der Waals surface area contributed by atoms with Crippen LogP contribution in [-0.2, 0) is 28.7 Å². The summed E-state index contributed by atoms with van der Waals surface area (Å²) in [6.45, 7) is 24.6. The average molecular weight is 661 g/mol. The van der Waals surface area contributed by atoms with Crippen LogP contribution < -0.4 is 0 Å². The number of allylic oxidation sites excluding steroid dienone is 10. The Kier molecular flexibility index (Phi) is 13.0. The average Bonchev–Trinajstić information content (AvgIpc) is 3.62. The molecule has 6 heteroatoms. The normalized spacial score (nSPS) is 28.4.